The van der Waals surface area contributed by atoms with E-state index in [4.69, 9.17) is 23.2 Å². The van der Waals surface area contributed by atoms with E-state index in [1.54, 1.807) is 6.07 Å². The fourth-order valence-corrected chi connectivity index (χ4v) is 3.42. The molecular weight excluding hydrogens is 309 g/mol. The lowest BCUT2D eigenvalue weighted by Crippen LogP contribution is -2.30. The summed E-state index contributed by atoms with van der Waals surface area (Å²) in [5.41, 5.74) is 1.13. The molecule has 2 rings (SSSR count). The first-order chi connectivity index (χ1) is 9.69. The highest BCUT2D eigenvalue weighted by molar-refractivity contribution is 7.99. The summed E-state index contributed by atoms with van der Waals surface area (Å²) in [7, 11) is 1.99. The minimum absolute atomic E-state index is 0.374. The summed E-state index contributed by atoms with van der Waals surface area (Å²) in [6, 6.07) is 16.5. The monoisotopic (exact) mass is 325 g/mol. The van der Waals surface area contributed by atoms with Crippen LogP contribution in [0.15, 0.2) is 53.4 Å². The highest BCUT2D eigenvalue weighted by Crippen LogP contribution is 2.24. The third-order valence-corrected chi connectivity index (χ3v) is 4.85. The lowest BCUT2D eigenvalue weighted by atomic mass is 10.1. The number of nitrogens with one attached hydrogen (secondary N) is 1. The van der Waals surface area contributed by atoms with Crippen LogP contribution < -0.4 is 5.32 Å². The summed E-state index contributed by atoms with van der Waals surface area (Å²) in [5, 5.41) is 4.77. The van der Waals surface area contributed by atoms with Crippen molar-refractivity contribution >= 4 is 35.0 Å². The van der Waals surface area contributed by atoms with E-state index < -0.39 is 0 Å². The molecule has 1 atom stereocenters. The van der Waals surface area contributed by atoms with Gasteiger partial charge in [-0.2, -0.15) is 0 Å². The first-order valence-electron chi connectivity index (χ1n) is 6.48. The van der Waals surface area contributed by atoms with Crippen LogP contribution in [0.4, 0.5) is 0 Å². The van der Waals surface area contributed by atoms with Gasteiger partial charge in [-0.25, -0.2) is 0 Å². The van der Waals surface area contributed by atoms with Crippen molar-refractivity contribution in [3.05, 3.63) is 64.1 Å². The minimum Gasteiger partial charge on any atom is -0.316 e. The van der Waals surface area contributed by atoms with Crippen molar-refractivity contribution in [3.8, 4) is 0 Å². The Hall–Kier alpha value is -0.670. The Labute approximate surface area is 134 Å². The van der Waals surface area contributed by atoms with E-state index >= 15 is 0 Å². The van der Waals surface area contributed by atoms with Crippen molar-refractivity contribution in [2.24, 2.45) is 0 Å². The fourth-order valence-electron chi connectivity index (χ4n) is 1.91. The Balaban J connectivity index is 1.95. The summed E-state index contributed by atoms with van der Waals surface area (Å²) in [6.07, 6.45) is 0.895. The summed E-state index contributed by atoms with van der Waals surface area (Å²) < 4.78 is 0. The number of thioether (sulfide) groups is 1. The molecule has 1 nitrogen and oxygen atoms in total. The van der Waals surface area contributed by atoms with Crippen molar-refractivity contribution in [2.45, 2.75) is 17.4 Å². The standard InChI is InChI=1S/C16H17Cl2NS/c1-19-14(11-20-15-5-3-2-4-6-15)9-12-7-8-13(17)10-16(12)18/h2-8,10,14,19H,9,11H2,1H3. The number of halogens is 2. The van der Waals surface area contributed by atoms with Crippen LogP contribution in [0, 0.1) is 0 Å². The molecule has 2 aromatic carbocycles. The van der Waals surface area contributed by atoms with Crippen LogP contribution >= 0.6 is 35.0 Å². The van der Waals surface area contributed by atoms with Crippen molar-refractivity contribution in [1.29, 1.82) is 0 Å². The van der Waals surface area contributed by atoms with Crippen LogP contribution in [0.2, 0.25) is 10.0 Å². The van der Waals surface area contributed by atoms with E-state index in [1.807, 2.05) is 37.0 Å². The van der Waals surface area contributed by atoms with E-state index in [-0.39, 0.29) is 0 Å². The molecule has 0 aliphatic carbocycles. The van der Waals surface area contributed by atoms with Gasteiger partial charge in [-0.15, -0.1) is 11.8 Å². The van der Waals surface area contributed by atoms with Gasteiger partial charge in [0.15, 0.2) is 0 Å². The topological polar surface area (TPSA) is 12.0 Å². The predicted molar refractivity (Wildman–Crippen MR) is 90.2 cm³/mol. The van der Waals surface area contributed by atoms with Gasteiger partial charge in [0, 0.05) is 26.7 Å². The van der Waals surface area contributed by atoms with E-state index in [1.165, 1.54) is 4.90 Å². The SMILES string of the molecule is CNC(CSc1ccccc1)Cc1ccc(Cl)cc1Cl. The van der Waals surface area contributed by atoms with Crippen molar-refractivity contribution in [2.75, 3.05) is 12.8 Å². The average molecular weight is 326 g/mol. The number of rotatable bonds is 6. The Morgan fingerprint density at radius 1 is 1.10 bits per heavy atom. The van der Waals surface area contributed by atoms with Crippen LogP contribution in [0.5, 0.6) is 0 Å². The maximum atomic E-state index is 6.23. The molecule has 0 spiro atoms. The molecule has 1 N–H and O–H groups in total. The number of hydrogen-bond acceptors (Lipinski definition) is 2. The summed E-state index contributed by atoms with van der Waals surface area (Å²) in [4.78, 5) is 1.29. The zero-order valence-electron chi connectivity index (χ0n) is 11.3. The molecule has 20 heavy (non-hydrogen) atoms. The van der Waals surface area contributed by atoms with E-state index in [2.05, 4.69) is 29.6 Å². The van der Waals surface area contributed by atoms with Gasteiger partial charge in [0.25, 0.3) is 0 Å². The summed E-state index contributed by atoms with van der Waals surface area (Å²) >= 11 is 14.0. The Morgan fingerprint density at radius 2 is 1.85 bits per heavy atom. The van der Waals surface area contributed by atoms with Gasteiger partial charge in [0.1, 0.15) is 0 Å². The van der Waals surface area contributed by atoms with Gasteiger partial charge in [0.2, 0.25) is 0 Å². The fraction of sp³-hybridized carbons (Fsp3) is 0.250. The lowest BCUT2D eigenvalue weighted by molar-refractivity contribution is 0.617. The zero-order valence-corrected chi connectivity index (χ0v) is 13.6. The summed E-state index contributed by atoms with van der Waals surface area (Å²) in [6.45, 7) is 0. The molecule has 0 heterocycles. The largest absolute Gasteiger partial charge is 0.316 e. The molecule has 0 fully saturated rings. The van der Waals surface area contributed by atoms with Gasteiger partial charge >= 0.3 is 0 Å². The maximum absolute atomic E-state index is 6.23. The van der Waals surface area contributed by atoms with Gasteiger partial charge in [-0.3, -0.25) is 0 Å². The third-order valence-electron chi connectivity index (χ3n) is 3.08. The number of benzene rings is 2. The second-order valence-electron chi connectivity index (χ2n) is 4.55. The normalized spacial score (nSPS) is 12.3. The molecule has 0 amide bonds. The summed E-state index contributed by atoms with van der Waals surface area (Å²) in [5.74, 6) is 0.999. The molecule has 0 bridgehead atoms. The van der Waals surface area contributed by atoms with Gasteiger partial charge < -0.3 is 5.32 Å². The smallest absolute Gasteiger partial charge is 0.0453 e. The molecule has 0 radical (unpaired) electrons. The van der Waals surface area contributed by atoms with Gasteiger partial charge in [-0.1, -0.05) is 47.5 Å². The van der Waals surface area contributed by atoms with Crippen LogP contribution in [-0.4, -0.2) is 18.8 Å². The van der Waals surface area contributed by atoms with Crippen LogP contribution in [0.25, 0.3) is 0 Å². The molecule has 1 unspecified atom stereocenters. The van der Waals surface area contributed by atoms with Gasteiger partial charge in [-0.05, 0) is 43.3 Å². The first-order valence-corrected chi connectivity index (χ1v) is 8.22. The number of likely N-dealkylation sites (N-methyl/N-ethyl adjacent to an activating group) is 1. The molecule has 0 aliphatic rings. The molecule has 0 saturated carbocycles. The first kappa shape index (κ1) is 15.7. The second-order valence-corrected chi connectivity index (χ2v) is 6.49. The lowest BCUT2D eigenvalue weighted by Gasteiger charge is -2.16. The maximum Gasteiger partial charge on any atom is 0.0453 e. The van der Waals surface area contributed by atoms with Crippen molar-refractivity contribution in [3.63, 3.8) is 0 Å². The highest BCUT2D eigenvalue weighted by atomic mass is 35.5. The third kappa shape index (κ3) is 4.71. The van der Waals surface area contributed by atoms with E-state index in [9.17, 15) is 0 Å². The second kappa shape index (κ2) is 7.94. The quantitative estimate of drug-likeness (QED) is 0.757. The van der Waals surface area contributed by atoms with E-state index in [0.29, 0.717) is 11.1 Å². The van der Waals surface area contributed by atoms with Crippen LogP contribution in [0.1, 0.15) is 5.56 Å². The average Bonchev–Trinajstić information content (AvgIpc) is 2.46. The molecule has 106 valence electrons. The molecule has 0 aromatic heterocycles. The Morgan fingerprint density at radius 3 is 2.50 bits per heavy atom. The minimum atomic E-state index is 0.374. The Bertz CT molecular complexity index is 545. The molecule has 2 aromatic rings. The van der Waals surface area contributed by atoms with Gasteiger partial charge in [0.05, 0.1) is 0 Å². The molecule has 4 heteroatoms. The van der Waals surface area contributed by atoms with E-state index in [0.717, 1.165) is 22.8 Å². The van der Waals surface area contributed by atoms with Crippen LogP contribution in [0.3, 0.4) is 0 Å². The molecular formula is C16H17Cl2NS. The molecule has 0 saturated heterocycles. The highest BCUT2D eigenvalue weighted by Gasteiger charge is 2.10. The Kier molecular flexibility index (Phi) is 6.24. The van der Waals surface area contributed by atoms with Crippen molar-refractivity contribution in [1.82, 2.24) is 5.32 Å². The van der Waals surface area contributed by atoms with Crippen LogP contribution in [-0.2, 0) is 6.42 Å². The number of hydrogen-bond donors (Lipinski definition) is 1. The predicted octanol–water partition coefficient (Wildman–Crippen LogP) is 4.92. The molecule has 0 aliphatic heterocycles. The zero-order chi connectivity index (χ0) is 14.4. The van der Waals surface area contributed by atoms with Crippen molar-refractivity contribution < 1.29 is 0 Å².